The van der Waals surface area contributed by atoms with Crippen LogP contribution in [0, 0.1) is 6.61 Å². The zero-order chi connectivity index (χ0) is 10.3. The van der Waals surface area contributed by atoms with Gasteiger partial charge in [-0.3, -0.25) is 0 Å². The van der Waals surface area contributed by atoms with E-state index in [9.17, 15) is 4.79 Å². The molecular weight excluding hydrogens is 234 g/mol. The number of ether oxygens (including phenoxy) is 1. The maximum Gasteiger partial charge on any atom is 0.358 e. The molecule has 13 heavy (non-hydrogen) atoms. The molecule has 0 unspecified atom stereocenters. The lowest BCUT2D eigenvalue weighted by Crippen LogP contribution is -2.20. The second kappa shape index (κ2) is 6.74. The Hall–Kier alpha value is 0.340. The van der Waals surface area contributed by atoms with Crippen LogP contribution in [0.1, 0.15) is 32.6 Å². The topological polar surface area (TPSA) is 26.3 Å². The highest BCUT2D eigenvalue weighted by molar-refractivity contribution is 6.75. The number of halogens is 3. The van der Waals surface area contributed by atoms with Gasteiger partial charge in [0.05, 0.1) is 0 Å². The highest BCUT2D eigenvalue weighted by Crippen LogP contribution is 2.27. The minimum Gasteiger partial charge on any atom is -0.455 e. The summed E-state index contributed by atoms with van der Waals surface area (Å²) < 4.78 is 2.62. The third-order valence-electron chi connectivity index (χ3n) is 1.35. The van der Waals surface area contributed by atoms with Crippen molar-refractivity contribution in [1.82, 2.24) is 0 Å². The van der Waals surface area contributed by atoms with Crippen molar-refractivity contribution in [3.8, 4) is 0 Å². The fourth-order valence-electron chi connectivity index (χ4n) is 0.679. The van der Waals surface area contributed by atoms with Gasteiger partial charge >= 0.3 is 5.97 Å². The number of esters is 1. The van der Waals surface area contributed by atoms with Gasteiger partial charge in [-0.2, -0.15) is 0 Å². The van der Waals surface area contributed by atoms with Crippen molar-refractivity contribution in [1.29, 1.82) is 0 Å². The summed E-state index contributed by atoms with van der Waals surface area (Å²) in [5.41, 5.74) is 0. The van der Waals surface area contributed by atoms with Gasteiger partial charge in [0, 0.05) is 0 Å². The van der Waals surface area contributed by atoms with Gasteiger partial charge in [-0.15, -0.1) is 0 Å². The van der Waals surface area contributed by atoms with Gasteiger partial charge in [0.25, 0.3) is 3.79 Å². The molecule has 0 aliphatic heterocycles. The van der Waals surface area contributed by atoms with Crippen LogP contribution >= 0.6 is 34.8 Å². The number of carbonyl (C=O) groups excluding carboxylic acids is 1. The molecule has 5 heteroatoms. The largest absolute Gasteiger partial charge is 0.455 e. The Kier molecular flexibility index (Phi) is 6.92. The predicted octanol–water partition coefficient (Wildman–Crippen LogP) is 3.64. The molecule has 0 saturated carbocycles. The Morgan fingerprint density at radius 3 is 2.46 bits per heavy atom. The van der Waals surface area contributed by atoms with Gasteiger partial charge in [0.2, 0.25) is 0 Å². The first kappa shape index (κ1) is 13.3. The minimum atomic E-state index is -1.97. The first-order valence-corrected chi connectivity index (χ1v) is 5.21. The van der Waals surface area contributed by atoms with Crippen LogP contribution in [0.5, 0.6) is 0 Å². The Balaban J connectivity index is 3.38. The predicted molar refractivity (Wildman–Crippen MR) is 54.8 cm³/mol. The summed E-state index contributed by atoms with van der Waals surface area (Å²) in [4.78, 5) is 10.8. The number of hydrogen-bond donors (Lipinski definition) is 0. The second-order valence-electron chi connectivity index (χ2n) is 2.57. The van der Waals surface area contributed by atoms with Gasteiger partial charge in [-0.1, -0.05) is 54.6 Å². The maximum absolute atomic E-state index is 10.8. The Morgan fingerprint density at radius 2 is 2.00 bits per heavy atom. The highest BCUT2D eigenvalue weighted by atomic mass is 35.6. The summed E-state index contributed by atoms with van der Waals surface area (Å²) >= 11 is 15.8. The quantitative estimate of drug-likeness (QED) is 0.420. The third-order valence-corrected chi connectivity index (χ3v) is 1.81. The van der Waals surface area contributed by atoms with Gasteiger partial charge < -0.3 is 4.74 Å². The Morgan fingerprint density at radius 1 is 1.38 bits per heavy atom. The average molecular weight is 247 g/mol. The van der Waals surface area contributed by atoms with Crippen molar-refractivity contribution in [2.24, 2.45) is 0 Å². The van der Waals surface area contributed by atoms with E-state index < -0.39 is 9.76 Å². The maximum atomic E-state index is 10.8. The zero-order valence-electron chi connectivity index (χ0n) is 7.36. The fraction of sp³-hybridized carbons (Fsp3) is 0.750. The standard InChI is InChI=1S/C8H12Cl3O2/c1-2-3-4-5-6-13-7(12)8(9,10)11/h6H,2-5H2,1H3. The lowest BCUT2D eigenvalue weighted by Gasteiger charge is -2.09. The highest BCUT2D eigenvalue weighted by Gasteiger charge is 2.32. The molecule has 0 spiro atoms. The second-order valence-corrected chi connectivity index (χ2v) is 4.85. The molecule has 0 amide bonds. The normalized spacial score (nSPS) is 11.4. The monoisotopic (exact) mass is 245 g/mol. The van der Waals surface area contributed by atoms with Crippen molar-refractivity contribution < 1.29 is 9.53 Å². The van der Waals surface area contributed by atoms with E-state index in [1.165, 1.54) is 6.61 Å². The molecule has 0 N–H and O–H groups in total. The molecule has 0 heterocycles. The fourth-order valence-corrected chi connectivity index (χ4v) is 0.813. The van der Waals surface area contributed by atoms with Crippen LogP contribution in [0.25, 0.3) is 0 Å². The first-order valence-electron chi connectivity index (χ1n) is 4.08. The average Bonchev–Trinajstić information content (AvgIpc) is 2.02. The molecule has 0 saturated heterocycles. The van der Waals surface area contributed by atoms with Crippen LogP contribution in [0.2, 0.25) is 0 Å². The molecule has 0 aliphatic carbocycles. The van der Waals surface area contributed by atoms with Crippen LogP contribution < -0.4 is 0 Å². The molecule has 0 bridgehead atoms. The summed E-state index contributed by atoms with van der Waals surface area (Å²) in [5, 5.41) is 0. The molecule has 0 fully saturated rings. The minimum absolute atomic E-state index is 0.695. The SMILES string of the molecule is CCCCC[CH]OC(=O)C(Cl)(Cl)Cl. The van der Waals surface area contributed by atoms with Gasteiger partial charge in [-0.25, -0.2) is 4.79 Å². The molecule has 0 aromatic rings. The molecule has 0 atom stereocenters. The van der Waals surface area contributed by atoms with Crippen LogP contribution in [-0.4, -0.2) is 9.76 Å². The smallest absolute Gasteiger partial charge is 0.358 e. The molecule has 0 aromatic heterocycles. The summed E-state index contributed by atoms with van der Waals surface area (Å²) in [6, 6.07) is 0. The third kappa shape index (κ3) is 7.41. The van der Waals surface area contributed by atoms with E-state index in [-0.39, 0.29) is 0 Å². The molecule has 2 nitrogen and oxygen atoms in total. The van der Waals surface area contributed by atoms with Crippen LogP contribution in [0.4, 0.5) is 0 Å². The van der Waals surface area contributed by atoms with Crippen LogP contribution in [0.3, 0.4) is 0 Å². The van der Waals surface area contributed by atoms with E-state index in [1.807, 2.05) is 0 Å². The van der Waals surface area contributed by atoms with Crippen LogP contribution in [0.15, 0.2) is 0 Å². The van der Waals surface area contributed by atoms with E-state index >= 15 is 0 Å². The van der Waals surface area contributed by atoms with E-state index in [1.54, 1.807) is 0 Å². The number of hydrogen-bond acceptors (Lipinski definition) is 2. The lowest BCUT2D eigenvalue weighted by atomic mass is 10.2. The number of rotatable bonds is 5. The number of alkyl halides is 3. The lowest BCUT2D eigenvalue weighted by molar-refractivity contribution is -0.139. The Bertz CT molecular complexity index is 154. The van der Waals surface area contributed by atoms with Crippen molar-refractivity contribution >= 4 is 40.8 Å². The van der Waals surface area contributed by atoms with Crippen molar-refractivity contribution in [3.05, 3.63) is 6.61 Å². The van der Waals surface area contributed by atoms with E-state index in [2.05, 4.69) is 11.7 Å². The first-order chi connectivity index (χ1) is 5.98. The zero-order valence-corrected chi connectivity index (χ0v) is 9.62. The van der Waals surface area contributed by atoms with E-state index in [0.29, 0.717) is 6.42 Å². The molecule has 0 rings (SSSR count). The molecule has 0 aromatic carbocycles. The van der Waals surface area contributed by atoms with E-state index in [4.69, 9.17) is 34.8 Å². The van der Waals surface area contributed by atoms with Gasteiger partial charge in [-0.05, 0) is 12.8 Å². The number of carbonyl (C=O) groups is 1. The summed E-state index contributed by atoms with van der Waals surface area (Å²) in [5.74, 6) is -0.853. The molecular formula is C8H12Cl3O2. The molecule has 77 valence electrons. The van der Waals surface area contributed by atoms with Crippen LogP contribution in [-0.2, 0) is 9.53 Å². The summed E-state index contributed by atoms with van der Waals surface area (Å²) in [6.45, 7) is 3.47. The Labute approximate surface area is 93.5 Å². The van der Waals surface area contributed by atoms with Gasteiger partial charge in [0.15, 0.2) is 0 Å². The molecule has 0 aliphatic rings. The molecule has 1 radical (unpaired) electrons. The summed E-state index contributed by atoms with van der Waals surface area (Å²) in [6.07, 6.45) is 3.89. The van der Waals surface area contributed by atoms with Crippen molar-refractivity contribution in [2.45, 2.75) is 36.4 Å². The van der Waals surface area contributed by atoms with Crippen molar-refractivity contribution in [3.63, 3.8) is 0 Å². The van der Waals surface area contributed by atoms with E-state index in [0.717, 1.165) is 19.3 Å². The van der Waals surface area contributed by atoms with Crippen molar-refractivity contribution in [2.75, 3.05) is 0 Å². The van der Waals surface area contributed by atoms with Gasteiger partial charge in [0.1, 0.15) is 6.61 Å². The summed E-state index contributed by atoms with van der Waals surface area (Å²) in [7, 11) is 0. The number of unbranched alkanes of at least 4 members (excludes halogenated alkanes) is 3.